The maximum absolute atomic E-state index is 15.0. The standard InChI is InChI=1S/C36H42Cl2FN5O3S/c1-21(2)29-30(33(47)43-22(3)5-12-28(43)32(46)41-15-16-42(17-18-45)36(20-41)13-14-36)48-34-40-35(4,24-7-9-25(37)10-8-24)31(44(29)34)23-6-11-26(38)27(39)19-23/h6-11,19,21-22,28,31,45H,5,12-18,20H2,1-4H3/t22-,28-,31-,35+/m1/s1. The van der Waals surface area contributed by atoms with Crippen LogP contribution in [0.4, 0.5) is 4.39 Å². The number of piperazine rings is 1. The lowest BCUT2D eigenvalue weighted by molar-refractivity contribution is -0.145. The number of halogens is 3. The summed E-state index contributed by atoms with van der Waals surface area (Å²) in [5, 5.41) is 10.9. The van der Waals surface area contributed by atoms with E-state index in [1.54, 1.807) is 6.07 Å². The van der Waals surface area contributed by atoms with E-state index in [1.165, 1.54) is 17.8 Å². The largest absolute Gasteiger partial charge is 0.395 e. The van der Waals surface area contributed by atoms with Gasteiger partial charge in [-0.25, -0.2) is 9.38 Å². The van der Waals surface area contributed by atoms with Crippen molar-refractivity contribution >= 4 is 51.9 Å². The number of benzene rings is 2. The van der Waals surface area contributed by atoms with E-state index in [2.05, 4.69) is 23.6 Å². The van der Waals surface area contributed by atoms with E-state index >= 15 is 4.39 Å². The number of fused-ring (bicyclic) bond motifs is 1. The summed E-state index contributed by atoms with van der Waals surface area (Å²) in [7, 11) is 0. The van der Waals surface area contributed by atoms with Crippen LogP contribution in [0.5, 0.6) is 0 Å². The van der Waals surface area contributed by atoms with E-state index < -0.39 is 23.4 Å². The van der Waals surface area contributed by atoms with E-state index in [9.17, 15) is 14.7 Å². The van der Waals surface area contributed by atoms with Gasteiger partial charge in [0.1, 0.15) is 22.3 Å². The number of carbonyl (C=O) groups excluding carboxylic acids is 2. The van der Waals surface area contributed by atoms with Gasteiger partial charge >= 0.3 is 0 Å². The Kier molecular flexibility index (Phi) is 8.89. The topological polar surface area (TPSA) is 79.7 Å². The van der Waals surface area contributed by atoms with Crippen molar-refractivity contribution in [1.29, 1.82) is 0 Å². The molecule has 1 spiro atoms. The van der Waals surface area contributed by atoms with Crippen molar-refractivity contribution in [2.45, 2.75) is 82.6 Å². The van der Waals surface area contributed by atoms with Gasteiger partial charge in [0.05, 0.1) is 17.7 Å². The Hall–Kier alpha value is -2.63. The van der Waals surface area contributed by atoms with Gasteiger partial charge in [0.15, 0.2) is 5.17 Å². The number of amides is 2. The summed E-state index contributed by atoms with van der Waals surface area (Å²) >= 11 is 13.7. The molecule has 3 fully saturated rings. The summed E-state index contributed by atoms with van der Waals surface area (Å²) in [6, 6.07) is 11.3. The molecule has 1 N–H and O–H groups in total. The number of aliphatic imine (C=N–C) groups is 1. The van der Waals surface area contributed by atoms with Crippen molar-refractivity contribution in [3.8, 4) is 0 Å². The lowest BCUT2D eigenvalue weighted by Crippen LogP contribution is -2.60. The fraction of sp³-hybridized carbons (Fsp3) is 0.528. The third kappa shape index (κ3) is 5.56. The van der Waals surface area contributed by atoms with Gasteiger partial charge in [-0.3, -0.25) is 14.5 Å². The van der Waals surface area contributed by atoms with Gasteiger partial charge in [0.25, 0.3) is 5.91 Å². The lowest BCUT2D eigenvalue weighted by atomic mass is 9.81. The van der Waals surface area contributed by atoms with Gasteiger partial charge < -0.3 is 19.8 Å². The Morgan fingerprint density at radius 3 is 2.48 bits per heavy atom. The van der Waals surface area contributed by atoms with Gasteiger partial charge in [-0.05, 0) is 92.6 Å². The minimum atomic E-state index is -0.821. The number of β-amino-alcohol motifs (C(OH)–C–C–N with tert-alkyl or cyclic N) is 1. The van der Waals surface area contributed by atoms with Gasteiger partial charge in [-0.2, -0.15) is 0 Å². The average molecular weight is 715 g/mol. The zero-order chi connectivity index (χ0) is 34.1. The molecule has 1 aliphatic carbocycles. The maximum Gasteiger partial charge on any atom is 0.263 e. The zero-order valence-corrected chi connectivity index (χ0v) is 30.1. The molecule has 12 heteroatoms. The summed E-state index contributed by atoms with van der Waals surface area (Å²) in [4.78, 5) is 43.0. The first kappa shape index (κ1) is 33.8. The number of rotatable bonds is 7. The second-order valence-electron chi connectivity index (χ2n) is 14.3. The number of carbonyl (C=O) groups is 2. The van der Waals surface area contributed by atoms with Gasteiger partial charge in [0, 0.05) is 48.5 Å². The SMILES string of the molecule is CC(C)C1=C(C(=O)N2[C@H](C)CC[C@@H]2C(=O)N2CCN(CCO)C3(CC3)C2)SC2=N[C@@](C)(c3ccc(Cl)cc3)[C@@H](c3ccc(Cl)c(F)c3)N21. The van der Waals surface area contributed by atoms with E-state index in [1.807, 2.05) is 54.0 Å². The first-order valence-corrected chi connectivity index (χ1v) is 18.5. The Balaban J connectivity index is 1.23. The molecule has 0 radical (unpaired) electrons. The number of hydrogen-bond donors (Lipinski definition) is 1. The maximum atomic E-state index is 15.0. The number of aliphatic hydroxyl groups is 1. The highest BCUT2D eigenvalue weighted by atomic mass is 35.5. The molecule has 8 nitrogen and oxygen atoms in total. The summed E-state index contributed by atoms with van der Waals surface area (Å²) in [6.07, 6.45) is 3.41. The molecule has 2 aromatic rings. The van der Waals surface area contributed by atoms with Crippen molar-refractivity contribution in [1.82, 2.24) is 19.6 Å². The van der Waals surface area contributed by atoms with Gasteiger partial charge in [-0.15, -0.1) is 0 Å². The predicted molar refractivity (Wildman–Crippen MR) is 188 cm³/mol. The van der Waals surface area contributed by atoms with E-state index in [4.69, 9.17) is 28.2 Å². The monoisotopic (exact) mass is 713 g/mol. The van der Waals surface area contributed by atoms with Crippen LogP contribution >= 0.6 is 35.0 Å². The molecule has 4 aliphatic heterocycles. The molecular weight excluding hydrogens is 672 g/mol. The number of hydrogen-bond acceptors (Lipinski definition) is 7. The second-order valence-corrected chi connectivity index (χ2v) is 16.1. The van der Waals surface area contributed by atoms with Gasteiger partial charge in [0.2, 0.25) is 5.91 Å². The number of aliphatic hydroxyl groups excluding tert-OH is 1. The number of allylic oxidation sites excluding steroid dienone is 1. The number of nitrogens with zero attached hydrogens (tertiary/aromatic N) is 5. The minimum Gasteiger partial charge on any atom is -0.395 e. The molecule has 7 rings (SSSR count). The number of likely N-dealkylation sites (tertiary alicyclic amines) is 1. The van der Waals surface area contributed by atoms with E-state index in [0.29, 0.717) is 46.7 Å². The van der Waals surface area contributed by atoms with Crippen LogP contribution in [0, 0.1) is 11.7 Å². The van der Waals surface area contributed by atoms with Crippen LogP contribution in [0.15, 0.2) is 58.1 Å². The Morgan fingerprint density at radius 1 is 1.10 bits per heavy atom. The summed E-state index contributed by atoms with van der Waals surface area (Å²) < 4.78 is 15.0. The summed E-state index contributed by atoms with van der Waals surface area (Å²) in [5.41, 5.74) is 1.56. The van der Waals surface area contributed by atoms with Crippen LogP contribution in [0.1, 0.15) is 70.5 Å². The highest BCUT2D eigenvalue weighted by Crippen LogP contribution is 2.57. The van der Waals surface area contributed by atoms with Crippen LogP contribution in [0.25, 0.3) is 0 Å². The zero-order valence-electron chi connectivity index (χ0n) is 27.8. The Bertz CT molecular complexity index is 1700. The lowest BCUT2D eigenvalue weighted by Gasteiger charge is -2.43. The Morgan fingerprint density at radius 2 is 1.83 bits per heavy atom. The van der Waals surface area contributed by atoms with Gasteiger partial charge in [-0.1, -0.05) is 55.2 Å². The first-order valence-electron chi connectivity index (χ1n) is 16.9. The molecule has 0 aromatic heterocycles. The van der Waals surface area contributed by atoms with Crippen molar-refractivity contribution in [2.75, 3.05) is 32.8 Å². The van der Waals surface area contributed by atoms with Crippen molar-refractivity contribution in [3.05, 3.63) is 80.1 Å². The van der Waals surface area contributed by atoms with E-state index in [0.717, 1.165) is 37.1 Å². The number of thioether (sulfide) groups is 1. The van der Waals surface area contributed by atoms with Crippen LogP contribution < -0.4 is 0 Å². The highest BCUT2D eigenvalue weighted by Gasteiger charge is 2.56. The molecule has 4 heterocycles. The smallest absolute Gasteiger partial charge is 0.263 e. The van der Waals surface area contributed by atoms with Crippen LogP contribution in [-0.2, 0) is 15.1 Å². The predicted octanol–water partition coefficient (Wildman–Crippen LogP) is 6.42. The van der Waals surface area contributed by atoms with E-state index in [-0.39, 0.29) is 40.9 Å². The highest BCUT2D eigenvalue weighted by molar-refractivity contribution is 8.18. The molecule has 256 valence electrons. The average Bonchev–Trinajstić information content (AvgIpc) is 3.41. The molecule has 2 amide bonds. The quantitative estimate of drug-likeness (QED) is 0.357. The fourth-order valence-corrected chi connectivity index (χ4v) is 9.88. The third-order valence-electron chi connectivity index (χ3n) is 10.9. The minimum absolute atomic E-state index is 0.0139. The normalized spacial score (nSPS) is 28.1. The molecule has 2 saturated heterocycles. The molecule has 1 saturated carbocycles. The summed E-state index contributed by atoms with van der Waals surface area (Å²) in [5.74, 6) is -0.729. The Labute approximate surface area is 295 Å². The molecule has 4 atom stereocenters. The molecule has 2 aromatic carbocycles. The van der Waals surface area contributed by atoms with Crippen molar-refractivity contribution < 1.29 is 19.1 Å². The fourth-order valence-electron chi connectivity index (χ4n) is 8.29. The first-order chi connectivity index (χ1) is 22.9. The molecule has 0 unspecified atom stereocenters. The number of amidine groups is 1. The summed E-state index contributed by atoms with van der Waals surface area (Å²) in [6.45, 7) is 10.9. The third-order valence-corrected chi connectivity index (χ3v) is 12.5. The van der Waals surface area contributed by atoms with Crippen LogP contribution in [0.3, 0.4) is 0 Å². The van der Waals surface area contributed by atoms with Crippen LogP contribution in [0.2, 0.25) is 10.0 Å². The molecule has 0 bridgehead atoms. The van der Waals surface area contributed by atoms with Crippen molar-refractivity contribution in [2.24, 2.45) is 10.9 Å². The molecule has 48 heavy (non-hydrogen) atoms. The molecular formula is C36H42Cl2FN5O3S. The van der Waals surface area contributed by atoms with Crippen molar-refractivity contribution in [3.63, 3.8) is 0 Å². The molecule has 5 aliphatic rings. The second kappa shape index (κ2) is 12.6. The van der Waals surface area contributed by atoms with Crippen LogP contribution in [-0.4, -0.2) is 92.1 Å².